The summed E-state index contributed by atoms with van der Waals surface area (Å²) < 4.78 is 5.57. The lowest BCUT2D eigenvalue weighted by Gasteiger charge is -2.43. The topological polar surface area (TPSA) is 9.86 Å². The molecule has 0 saturated carbocycles. The van der Waals surface area contributed by atoms with Gasteiger partial charge in [-0.2, -0.15) is 0 Å². The van der Waals surface area contributed by atoms with E-state index in [1.54, 1.807) is 20.7 Å². The minimum atomic E-state index is -3.12. The Bertz CT molecular complexity index is 3820. The van der Waals surface area contributed by atoms with E-state index in [-0.39, 0.29) is 39.2 Å². The van der Waals surface area contributed by atoms with Crippen molar-refractivity contribution in [3.63, 3.8) is 0 Å². The molecule has 9 aromatic rings. The summed E-state index contributed by atoms with van der Waals surface area (Å²) in [5.41, 5.74) is 23.8. The smallest absolute Gasteiger partial charge is 0.252 e. The van der Waals surface area contributed by atoms with E-state index >= 15 is 0 Å². The summed E-state index contributed by atoms with van der Waals surface area (Å²) in [5.74, 6) is 0. The molecule has 6 heterocycles. The summed E-state index contributed by atoms with van der Waals surface area (Å²) in [6, 6.07) is 43.8. The van der Waals surface area contributed by atoms with Crippen LogP contribution in [0.3, 0.4) is 0 Å². The molecule has 2 nitrogen and oxygen atoms in total. The maximum Gasteiger partial charge on any atom is 0.252 e. The Labute approximate surface area is 418 Å². The molecule has 0 atom stereocenters. The molecule has 352 valence electrons. The van der Waals surface area contributed by atoms with Crippen molar-refractivity contribution in [1.29, 1.82) is 0 Å². The quantitative estimate of drug-likeness (QED) is 0.134. The first-order valence-corrected chi connectivity index (χ1v) is 28.3. The van der Waals surface area contributed by atoms with Crippen LogP contribution in [0.1, 0.15) is 158 Å². The molecule has 70 heavy (non-hydrogen) atoms. The van der Waals surface area contributed by atoms with Crippen LogP contribution in [-0.2, 0) is 32.5 Å². The second kappa shape index (κ2) is 13.1. The Hall–Kier alpha value is -5.58. The second-order valence-corrected chi connectivity index (χ2v) is 32.0. The number of nitrogens with zero attached hydrogens (tertiary/aromatic N) is 2. The zero-order chi connectivity index (χ0) is 49.7. The lowest BCUT2D eigenvalue weighted by Crippen LogP contribution is -2.77. The number of hydrogen-bond acceptors (Lipinski definition) is 0. The van der Waals surface area contributed by atoms with Crippen LogP contribution in [0.5, 0.6) is 0 Å². The molecule has 13 rings (SSSR count). The fourth-order valence-corrected chi connectivity index (χ4v) is 19.2. The molecular formula is C66H71BN2Si. The van der Waals surface area contributed by atoms with Crippen LogP contribution < -0.4 is 37.1 Å². The molecule has 0 N–H and O–H groups in total. The third kappa shape index (κ3) is 5.53. The maximum absolute atomic E-state index is 3.12. The van der Waals surface area contributed by atoms with E-state index in [0.29, 0.717) is 0 Å². The van der Waals surface area contributed by atoms with Crippen LogP contribution >= 0.6 is 0 Å². The van der Waals surface area contributed by atoms with E-state index in [4.69, 9.17) is 0 Å². The molecule has 0 amide bonds. The summed E-state index contributed by atoms with van der Waals surface area (Å²) in [7, 11) is -3.12. The van der Waals surface area contributed by atoms with Crippen LogP contribution in [0.2, 0.25) is 0 Å². The molecule has 7 aromatic carbocycles. The van der Waals surface area contributed by atoms with E-state index in [2.05, 4.69) is 237 Å². The van der Waals surface area contributed by atoms with Gasteiger partial charge in [-0.25, -0.2) is 0 Å². The van der Waals surface area contributed by atoms with Crippen LogP contribution in [0.4, 0.5) is 0 Å². The average molecular weight is 931 g/mol. The van der Waals surface area contributed by atoms with Gasteiger partial charge in [0.05, 0.1) is 11.0 Å². The fraction of sp³-hybridized carbons (Fsp3) is 0.364. The Kier molecular flexibility index (Phi) is 8.29. The SMILES string of the molecule is CC(C)(C)c1ccc2c(c1)[Si]1(c3cc(C(C)(C)C)ccc3-2)c2ccc3c4c2-n2c5c(cc(C(C)(C)C)cc5c5cc(C(C)(C)C)cc1c52)B4c1cc(C(C)(C)C)cc2c4ccc(C(C)(C)C)cc4n-3c12. The lowest BCUT2D eigenvalue weighted by atomic mass is 9.34. The van der Waals surface area contributed by atoms with E-state index in [0.717, 1.165) is 0 Å². The Morgan fingerprint density at radius 1 is 0.343 bits per heavy atom. The molecule has 2 aromatic heterocycles. The Balaban J connectivity index is 1.32. The van der Waals surface area contributed by atoms with Crippen LogP contribution in [0, 0.1) is 0 Å². The van der Waals surface area contributed by atoms with Gasteiger partial charge in [0.15, 0.2) is 8.07 Å². The highest BCUT2D eigenvalue weighted by Gasteiger charge is 2.57. The zero-order valence-corrected chi connectivity index (χ0v) is 46.3. The molecule has 1 spiro atoms. The van der Waals surface area contributed by atoms with Crippen molar-refractivity contribution >= 4 is 95.5 Å². The Morgan fingerprint density at radius 3 is 1.26 bits per heavy atom. The third-order valence-corrected chi connectivity index (χ3v) is 22.4. The summed E-state index contributed by atoms with van der Waals surface area (Å²) >= 11 is 0. The van der Waals surface area contributed by atoms with Crippen molar-refractivity contribution in [3.05, 3.63) is 137 Å². The van der Waals surface area contributed by atoms with Gasteiger partial charge in [0.2, 0.25) is 0 Å². The second-order valence-electron chi connectivity index (χ2n) is 28.3. The van der Waals surface area contributed by atoms with Gasteiger partial charge >= 0.3 is 0 Å². The van der Waals surface area contributed by atoms with Gasteiger partial charge in [0, 0.05) is 44.0 Å². The highest BCUT2D eigenvalue weighted by molar-refractivity contribution is 7.24. The van der Waals surface area contributed by atoms with E-state index in [1.807, 2.05) is 0 Å². The van der Waals surface area contributed by atoms with Gasteiger partial charge in [-0.1, -0.05) is 197 Å². The monoisotopic (exact) mass is 931 g/mol. The summed E-state index contributed by atoms with van der Waals surface area (Å²) in [6.45, 7) is 43.3. The van der Waals surface area contributed by atoms with Gasteiger partial charge in [0.25, 0.3) is 6.71 Å². The minimum absolute atomic E-state index is 0.00493. The van der Waals surface area contributed by atoms with Gasteiger partial charge in [-0.3, -0.25) is 0 Å². The summed E-state index contributed by atoms with van der Waals surface area (Å²) in [5, 5.41) is 11.8. The predicted octanol–water partition coefficient (Wildman–Crippen LogP) is 12.5. The van der Waals surface area contributed by atoms with Gasteiger partial charge < -0.3 is 9.13 Å². The van der Waals surface area contributed by atoms with E-state index in [9.17, 15) is 0 Å². The highest BCUT2D eigenvalue weighted by Crippen LogP contribution is 2.46. The van der Waals surface area contributed by atoms with Crippen molar-refractivity contribution < 1.29 is 0 Å². The predicted molar refractivity (Wildman–Crippen MR) is 308 cm³/mol. The standard InChI is InChI=1S/C66H71BN2Si/c1-61(2,3)36-19-22-42-45-27-39(64(10,11)12)30-48-57(45)68(51(42)32-36)50-25-26-52-60-56(50)67(48)49-31-40(65(13,14)15)28-46-47-29-41(66(16,17)18)35-55(59(47)69(60)58(46)49)70(52)53-33-37(62(4,5)6)20-23-43(53)44-24-21-38(34-54(44)70)63(7,8)9/h19-35H,1-18H3. The average Bonchev–Trinajstić information content (AvgIpc) is 3.88. The highest BCUT2D eigenvalue weighted by atomic mass is 28.3. The molecule has 4 heteroatoms. The van der Waals surface area contributed by atoms with Crippen molar-refractivity contribution in [2.75, 3.05) is 0 Å². The molecule has 0 radical (unpaired) electrons. The van der Waals surface area contributed by atoms with Crippen LogP contribution in [-0.4, -0.2) is 23.9 Å². The molecule has 0 aliphatic carbocycles. The fourth-order valence-electron chi connectivity index (χ4n) is 13.5. The van der Waals surface area contributed by atoms with E-state index < -0.39 is 8.07 Å². The lowest BCUT2D eigenvalue weighted by molar-refractivity contribution is 0.590. The minimum Gasteiger partial charge on any atom is -0.310 e. The van der Waals surface area contributed by atoms with Crippen molar-refractivity contribution in [1.82, 2.24) is 9.13 Å². The molecule has 0 fully saturated rings. The molecule has 0 unspecified atom stereocenters. The molecule has 0 bridgehead atoms. The summed E-state index contributed by atoms with van der Waals surface area (Å²) in [6.07, 6.45) is 0. The number of hydrogen-bond donors (Lipinski definition) is 0. The van der Waals surface area contributed by atoms with Crippen molar-refractivity contribution in [2.24, 2.45) is 0 Å². The molecule has 4 aliphatic heterocycles. The first-order valence-electron chi connectivity index (χ1n) is 26.3. The number of fused-ring (bicyclic) bond motifs is 14. The maximum atomic E-state index is 2.85. The zero-order valence-electron chi connectivity index (χ0n) is 45.3. The molecule has 0 saturated heterocycles. The largest absolute Gasteiger partial charge is 0.310 e. The Morgan fingerprint density at radius 2 is 0.757 bits per heavy atom. The van der Waals surface area contributed by atoms with Crippen LogP contribution in [0.15, 0.2) is 103 Å². The van der Waals surface area contributed by atoms with Crippen LogP contribution in [0.25, 0.3) is 66.1 Å². The van der Waals surface area contributed by atoms with Gasteiger partial charge in [-0.15, -0.1) is 0 Å². The first-order chi connectivity index (χ1) is 32.5. The van der Waals surface area contributed by atoms with Gasteiger partial charge in [-0.05, 0) is 144 Å². The summed E-state index contributed by atoms with van der Waals surface area (Å²) in [4.78, 5) is 0. The number of benzene rings is 7. The molecule has 4 aliphatic rings. The number of rotatable bonds is 0. The van der Waals surface area contributed by atoms with Crippen molar-refractivity contribution in [2.45, 2.75) is 157 Å². The first kappa shape index (κ1) is 44.4. The number of aromatic nitrogens is 2. The van der Waals surface area contributed by atoms with E-state index in [1.165, 1.54) is 116 Å². The normalized spacial score (nSPS) is 15.7. The third-order valence-electron chi connectivity index (χ3n) is 17.6. The van der Waals surface area contributed by atoms with Gasteiger partial charge in [0.1, 0.15) is 0 Å². The molecular weight excluding hydrogens is 860 g/mol. The van der Waals surface area contributed by atoms with Crippen molar-refractivity contribution in [3.8, 4) is 22.5 Å².